The molecule has 3 rings (SSSR count). The van der Waals surface area contributed by atoms with Gasteiger partial charge in [-0.2, -0.15) is 4.98 Å². The summed E-state index contributed by atoms with van der Waals surface area (Å²) < 4.78 is 0. The molecule has 0 radical (unpaired) electrons. The number of hydrogen-bond acceptors (Lipinski definition) is 6. The molecule has 22 heavy (non-hydrogen) atoms. The van der Waals surface area contributed by atoms with Crippen LogP contribution in [0.2, 0.25) is 0 Å². The maximum absolute atomic E-state index is 4.62. The summed E-state index contributed by atoms with van der Waals surface area (Å²) in [5, 5.41) is 0. The number of piperazine rings is 1. The molecule has 0 spiro atoms. The van der Waals surface area contributed by atoms with Crippen LogP contribution in [0.1, 0.15) is 5.56 Å². The molecule has 1 fully saturated rings. The predicted molar refractivity (Wildman–Crippen MR) is 88.1 cm³/mol. The van der Waals surface area contributed by atoms with Crippen molar-refractivity contribution in [1.29, 1.82) is 0 Å². The van der Waals surface area contributed by atoms with E-state index >= 15 is 0 Å². The average molecular weight is 298 g/mol. The Morgan fingerprint density at radius 2 is 1.91 bits per heavy atom. The van der Waals surface area contributed by atoms with E-state index in [4.69, 9.17) is 0 Å². The first-order valence-electron chi connectivity index (χ1n) is 7.59. The molecule has 6 nitrogen and oxygen atoms in total. The molecule has 0 N–H and O–H groups in total. The third-order valence-corrected chi connectivity index (χ3v) is 3.87. The van der Waals surface area contributed by atoms with Crippen molar-refractivity contribution < 1.29 is 0 Å². The lowest BCUT2D eigenvalue weighted by Gasteiger charge is -2.34. The van der Waals surface area contributed by atoms with Crippen LogP contribution in [-0.4, -0.2) is 60.1 Å². The highest BCUT2D eigenvalue weighted by molar-refractivity contribution is 5.42. The minimum atomic E-state index is 0.826. The standard InChI is InChI=1S/C16H22N6/c1-20(2)15-5-7-18-16(19-15)22-10-8-21(9-11-22)13-14-4-3-6-17-12-14/h3-7,12H,8-11,13H2,1-2H3. The smallest absolute Gasteiger partial charge is 0.227 e. The van der Waals surface area contributed by atoms with E-state index in [1.807, 2.05) is 49.7 Å². The summed E-state index contributed by atoms with van der Waals surface area (Å²) in [6.07, 6.45) is 5.59. The molecule has 0 atom stereocenters. The Labute approximate surface area is 131 Å². The first-order chi connectivity index (χ1) is 10.7. The summed E-state index contributed by atoms with van der Waals surface area (Å²) in [4.78, 5) is 19.9. The molecule has 6 heteroatoms. The van der Waals surface area contributed by atoms with E-state index in [1.165, 1.54) is 5.56 Å². The highest BCUT2D eigenvalue weighted by atomic mass is 15.3. The number of aromatic nitrogens is 3. The molecule has 1 aliphatic heterocycles. The van der Waals surface area contributed by atoms with Gasteiger partial charge < -0.3 is 9.80 Å². The van der Waals surface area contributed by atoms with E-state index in [1.54, 1.807) is 0 Å². The van der Waals surface area contributed by atoms with Gasteiger partial charge in [0, 0.05) is 65.4 Å². The third kappa shape index (κ3) is 3.51. The summed E-state index contributed by atoms with van der Waals surface area (Å²) in [5.41, 5.74) is 1.27. The molecule has 0 amide bonds. The monoisotopic (exact) mass is 298 g/mol. The number of rotatable bonds is 4. The van der Waals surface area contributed by atoms with E-state index in [9.17, 15) is 0 Å². The van der Waals surface area contributed by atoms with Gasteiger partial charge in [0.15, 0.2) is 0 Å². The highest BCUT2D eigenvalue weighted by Gasteiger charge is 2.19. The van der Waals surface area contributed by atoms with E-state index in [0.29, 0.717) is 0 Å². The van der Waals surface area contributed by atoms with Crippen molar-refractivity contribution in [3.8, 4) is 0 Å². The van der Waals surface area contributed by atoms with Gasteiger partial charge >= 0.3 is 0 Å². The van der Waals surface area contributed by atoms with Crippen LogP contribution >= 0.6 is 0 Å². The molecule has 2 aromatic heterocycles. The first-order valence-corrected chi connectivity index (χ1v) is 7.59. The Morgan fingerprint density at radius 3 is 2.59 bits per heavy atom. The summed E-state index contributed by atoms with van der Waals surface area (Å²) in [6.45, 7) is 4.91. The van der Waals surface area contributed by atoms with Gasteiger partial charge in [-0.15, -0.1) is 0 Å². The van der Waals surface area contributed by atoms with E-state index in [2.05, 4.69) is 30.8 Å². The Hall–Kier alpha value is -2.21. The topological polar surface area (TPSA) is 48.4 Å². The fourth-order valence-corrected chi connectivity index (χ4v) is 2.60. The van der Waals surface area contributed by atoms with Crippen molar-refractivity contribution in [2.24, 2.45) is 0 Å². The van der Waals surface area contributed by atoms with Gasteiger partial charge in [-0.25, -0.2) is 4.98 Å². The van der Waals surface area contributed by atoms with E-state index in [-0.39, 0.29) is 0 Å². The van der Waals surface area contributed by atoms with Gasteiger partial charge in [0.25, 0.3) is 0 Å². The van der Waals surface area contributed by atoms with Crippen LogP contribution in [0, 0.1) is 0 Å². The highest BCUT2D eigenvalue weighted by Crippen LogP contribution is 2.15. The SMILES string of the molecule is CN(C)c1ccnc(N2CCN(Cc3cccnc3)CC2)n1. The van der Waals surface area contributed by atoms with Gasteiger partial charge in [-0.3, -0.25) is 9.88 Å². The second kappa shape index (κ2) is 6.70. The van der Waals surface area contributed by atoms with Crippen molar-refractivity contribution in [2.75, 3.05) is 50.1 Å². The second-order valence-electron chi connectivity index (χ2n) is 5.73. The number of nitrogens with zero attached hydrogens (tertiary/aromatic N) is 6. The molecule has 0 unspecified atom stereocenters. The van der Waals surface area contributed by atoms with Crippen molar-refractivity contribution in [2.45, 2.75) is 6.54 Å². The predicted octanol–water partition coefficient (Wildman–Crippen LogP) is 1.26. The number of hydrogen-bond donors (Lipinski definition) is 0. The minimum Gasteiger partial charge on any atom is -0.363 e. The van der Waals surface area contributed by atoms with Crippen molar-refractivity contribution in [1.82, 2.24) is 19.9 Å². The fourth-order valence-electron chi connectivity index (χ4n) is 2.60. The van der Waals surface area contributed by atoms with Crippen molar-refractivity contribution in [3.05, 3.63) is 42.4 Å². The van der Waals surface area contributed by atoms with Crippen LogP contribution in [0.4, 0.5) is 11.8 Å². The zero-order chi connectivity index (χ0) is 15.4. The Kier molecular flexibility index (Phi) is 4.48. The van der Waals surface area contributed by atoms with Gasteiger partial charge in [-0.05, 0) is 17.7 Å². The van der Waals surface area contributed by atoms with Crippen molar-refractivity contribution >= 4 is 11.8 Å². The van der Waals surface area contributed by atoms with Crippen LogP contribution < -0.4 is 9.80 Å². The number of pyridine rings is 1. The minimum absolute atomic E-state index is 0.826. The quantitative estimate of drug-likeness (QED) is 0.847. The molecule has 116 valence electrons. The lowest BCUT2D eigenvalue weighted by atomic mass is 10.2. The van der Waals surface area contributed by atoms with E-state index < -0.39 is 0 Å². The van der Waals surface area contributed by atoms with Crippen LogP contribution in [0.5, 0.6) is 0 Å². The normalized spacial score (nSPS) is 15.8. The lowest BCUT2D eigenvalue weighted by molar-refractivity contribution is 0.248. The Balaban J connectivity index is 1.58. The Bertz CT molecular complexity index is 593. The molecule has 0 aromatic carbocycles. The molecule has 3 heterocycles. The lowest BCUT2D eigenvalue weighted by Crippen LogP contribution is -2.46. The van der Waals surface area contributed by atoms with Gasteiger partial charge in [0.2, 0.25) is 5.95 Å². The molecular weight excluding hydrogens is 276 g/mol. The first kappa shape index (κ1) is 14.7. The van der Waals surface area contributed by atoms with Gasteiger partial charge in [0.05, 0.1) is 0 Å². The van der Waals surface area contributed by atoms with E-state index in [0.717, 1.165) is 44.5 Å². The number of anilines is 2. The largest absolute Gasteiger partial charge is 0.363 e. The maximum atomic E-state index is 4.62. The molecule has 0 saturated carbocycles. The fraction of sp³-hybridized carbons (Fsp3) is 0.438. The summed E-state index contributed by atoms with van der Waals surface area (Å²) in [6, 6.07) is 6.05. The second-order valence-corrected chi connectivity index (χ2v) is 5.73. The Morgan fingerprint density at radius 1 is 1.09 bits per heavy atom. The molecule has 2 aromatic rings. The zero-order valence-electron chi connectivity index (χ0n) is 13.2. The molecule has 1 saturated heterocycles. The van der Waals surface area contributed by atoms with Gasteiger partial charge in [0.1, 0.15) is 5.82 Å². The molecule has 0 aliphatic carbocycles. The summed E-state index contributed by atoms with van der Waals surface area (Å²) >= 11 is 0. The van der Waals surface area contributed by atoms with Crippen molar-refractivity contribution in [3.63, 3.8) is 0 Å². The maximum Gasteiger partial charge on any atom is 0.227 e. The van der Waals surface area contributed by atoms with Crippen LogP contribution in [0.3, 0.4) is 0 Å². The van der Waals surface area contributed by atoms with Crippen LogP contribution in [-0.2, 0) is 6.54 Å². The summed E-state index contributed by atoms with van der Waals surface area (Å²) in [5.74, 6) is 1.77. The summed E-state index contributed by atoms with van der Waals surface area (Å²) in [7, 11) is 4.00. The third-order valence-electron chi connectivity index (χ3n) is 3.87. The van der Waals surface area contributed by atoms with Crippen LogP contribution in [0.15, 0.2) is 36.8 Å². The zero-order valence-corrected chi connectivity index (χ0v) is 13.2. The molecule has 0 bridgehead atoms. The average Bonchev–Trinajstić information content (AvgIpc) is 2.56. The molecule has 1 aliphatic rings. The molecular formula is C16H22N6. The van der Waals surface area contributed by atoms with Crippen LogP contribution in [0.25, 0.3) is 0 Å². The van der Waals surface area contributed by atoms with Gasteiger partial charge in [-0.1, -0.05) is 6.07 Å².